The van der Waals surface area contributed by atoms with Crippen LogP contribution in [-0.2, 0) is 14.3 Å². The van der Waals surface area contributed by atoms with Crippen molar-refractivity contribution in [1.29, 1.82) is 0 Å². The zero-order valence-corrected chi connectivity index (χ0v) is 16.2. The molecule has 136 valence electrons. The third-order valence-electron chi connectivity index (χ3n) is 3.84. The summed E-state index contributed by atoms with van der Waals surface area (Å²) in [6.45, 7) is 13.5. The van der Waals surface area contributed by atoms with E-state index in [9.17, 15) is 9.59 Å². The summed E-state index contributed by atoms with van der Waals surface area (Å²) < 4.78 is 10.4. The standard InChI is InChI=1S/C19H31NO4/c1-12(2)11-14(13(3)4)15-9-10-16(17(21)23-8)20(15)18(22)24-19(5,6)7/h11,15-16H,9-10H2,1-8H3/t15-,16-/m1/s1. The van der Waals surface area contributed by atoms with Gasteiger partial charge in [0.15, 0.2) is 0 Å². The number of allylic oxidation sites excluding steroid dienone is 2. The van der Waals surface area contributed by atoms with Gasteiger partial charge in [0.25, 0.3) is 0 Å². The van der Waals surface area contributed by atoms with Crippen molar-refractivity contribution in [2.24, 2.45) is 0 Å². The van der Waals surface area contributed by atoms with Gasteiger partial charge in [-0.05, 0) is 66.9 Å². The highest BCUT2D eigenvalue weighted by Gasteiger charge is 2.44. The quantitative estimate of drug-likeness (QED) is 0.571. The van der Waals surface area contributed by atoms with E-state index in [4.69, 9.17) is 9.47 Å². The van der Waals surface area contributed by atoms with E-state index in [1.165, 1.54) is 7.11 Å². The van der Waals surface area contributed by atoms with Gasteiger partial charge in [-0.25, -0.2) is 9.59 Å². The summed E-state index contributed by atoms with van der Waals surface area (Å²) in [6.07, 6.45) is 2.89. The molecule has 0 bridgehead atoms. The first-order valence-corrected chi connectivity index (χ1v) is 8.39. The first-order valence-electron chi connectivity index (χ1n) is 8.39. The molecule has 1 aliphatic heterocycles. The Balaban J connectivity index is 3.28. The number of carbonyl (C=O) groups excluding carboxylic acids is 2. The highest BCUT2D eigenvalue weighted by atomic mass is 16.6. The molecule has 2 atom stereocenters. The van der Waals surface area contributed by atoms with Crippen molar-refractivity contribution in [2.75, 3.05) is 7.11 Å². The van der Waals surface area contributed by atoms with Gasteiger partial charge in [-0.2, -0.15) is 0 Å². The molecule has 1 amide bonds. The molecule has 0 aromatic heterocycles. The minimum atomic E-state index is -0.619. The number of likely N-dealkylation sites (tertiary alicyclic amines) is 1. The van der Waals surface area contributed by atoms with Crippen LogP contribution in [0.15, 0.2) is 22.8 Å². The van der Waals surface area contributed by atoms with Crippen LogP contribution in [0.5, 0.6) is 0 Å². The molecule has 24 heavy (non-hydrogen) atoms. The van der Waals surface area contributed by atoms with E-state index in [1.807, 2.05) is 48.5 Å². The lowest BCUT2D eigenvalue weighted by atomic mass is 9.98. The van der Waals surface area contributed by atoms with E-state index in [2.05, 4.69) is 6.08 Å². The summed E-state index contributed by atoms with van der Waals surface area (Å²) in [4.78, 5) is 26.5. The second-order valence-corrected chi connectivity index (χ2v) is 7.70. The van der Waals surface area contributed by atoms with Crippen LogP contribution in [0.25, 0.3) is 0 Å². The highest BCUT2D eigenvalue weighted by Crippen LogP contribution is 2.33. The number of hydrogen-bond acceptors (Lipinski definition) is 4. The maximum absolute atomic E-state index is 12.8. The summed E-state index contributed by atoms with van der Waals surface area (Å²) in [5.41, 5.74) is 2.72. The van der Waals surface area contributed by atoms with Crippen LogP contribution in [-0.4, -0.2) is 41.8 Å². The second-order valence-electron chi connectivity index (χ2n) is 7.70. The number of ether oxygens (including phenoxy) is 2. The number of amides is 1. The Bertz CT molecular complexity index is 546. The summed E-state index contributed by atoms with van der Waals surface area (Å²) >= 11 is 0. The number of rotatable bonds is 3. The van der Waals surface area contributed by atoms with E-state index in [0.29, 0.717) is 12.8 Å². The molecule has 0 unspecified atom stereocenters. The zero-order chi connectivity index (χ0) is 18.7. The maximum Gasteiger partial charge on any atom is 0.411 e. The van der Waals surface area contributed by atoms with Gasteiger partial charge >= 0.3 is 12.1 Å². The minimum Gasteiger partial charge on any atom is -0.467 e. The predicted octanol–water partition coefficient (Wildman–Crippen LogP) is 4.23. The van der Waals surface area contributed by atoms with E-state index >= 15 is 0 Å². The van der Waals surface area contributed by atoms with Crippen LogP contribution in [0, 0.1) is 0 Å². The summed E-state index contributed by atoms with van der Waals surface area (Å²) in [5.74, 6) is -0.395. The third kappa shape index (κ3) is 5.11. The SMILES string of the molecule is COC(=O)[C@H]1CC[C@H](C(C=C(C)C)=C(C)C)N1C(=O)OC(C)(C)C. The molecule has 5 heteroatoms. The molecule has 1 saturated heterocycles. The van der Waals surface area contributed by atoms with Gasteiger partial charge in [-0.15, -0.1) is 0 Å². The number of hydrogen-bond donors (Lipinski definition) is 0. The lowest BCUT2D eigenvalue weighted by Gasteiger charge is -2.32. The average Bonchev–Trinajstić information content (AvgIpc) is 2.86. The molecule has 0 saturated carbocycles. The van der Waals surface area contributed by atoms with E-state index < -0.39 is 23.7 Å². The van der Waals surface area contributed by atoms with Crippen molar-refractivity contribution in [3.8, 4) is 0 Å². The predicted molar refractivity (Wildman–Crippen MR) is 94.7 cm³/mol. The zero-order valence-electron chi connectivity index (χ0n) is 16.2. The Morgan fingerprint density at radius 2 is 1.58 bits per heavy atom. The lowest BCUT2D eigenvalue weighted by molar-refractivity contribution is -0.146. The first-order chi connectivity index (χ1) is 11.0. The molecule has 0 aliphatic carbocycles. The topological polar surface area (TPSA) is 55.8 Å². The minimum absolute atomic E-state index is 0.177. The van der Waals surface area contributed by atoms with Crippen LogP contribution < -0.4 is 0 Å². The summed E-state index contributed by atoms with van der Waals surface area (Å²) in [5, 5.41) is 0. The molecule has 5 nitrogen and oxygen atoms in total. The first kappa shape index (κ1) is 20.3. The largest absolute Gasteiger partial charge is 0.467 e. The van der Waals surface area contributed by atoms with Crippen LogP contribution in [0.3, 0.4) is 0 Å². The fourth-order valence-corrected chi connectivity index (χ4v) is 2.94. The van der Waals surface area contributed by atoms with Crippen molar-refractivity contribution in [3.63, 3.8) is 0 Å². The van der Waals surface area contributed by atoms with Crippen molar-refractivity contribution in [1.82, 2.24) is 4.90 Å². The number of nitrogens with zero attached hydrogens (tertiary/aromatic N) is 1. The van der Waals surface area contributed by atoms with Gasteiger partial charge in [0.1, 0.15) is 11.6 Å². The van der Waals surface area contributed by atoms with Gasteiger partial charge in [0, 0.05) is 0 Å². The van der Waals surface area contributed by atoms with Gasteiger partial charge in [-0.3, -0.25) is 4.90 Å². The van der Waals surface area contributed by atoms with Gasteiger partial charge in [-0.1, -0.05) is 17.2 Å². The monoisotopic (exact) mass is 337 g/mol. The van der Waals surface area contributed by atoms with Crippen LogP contribution in [0.1, 0.15) is 61.3 Å². The lowest BCUT2D eigenvalue weighted by Crippen LogP contribution is -2.48. The Morgan fingerprint density at radius 1 is 1.04 bits per heavy atom. The fourth-order valence-electron chi connectivity index (χ4n) is 2.94. The molecular weight excluding hydrogens is 306 g/mol. The molecule has 0 aromatic rings. The second kappa shape index (κ2) is 7.86. The summed E-state index contributed by atoms with van der Waals surface area (Å²) in [7, 11) is 1.35. The highest BCUT2D eigenvalue weighted by molar-refractivity contribution is 5.83. The van der Waals surface area contributed by atoms with E-state index in [1.54, 1.807) is 4.90 Å². The van der Waals surface area contributed by atoms with Gasteiger partial charge in [0.2, 0.25) is 0 Å². The third-order valence-corrected chi connectivity index (χ3v) is 3.84. The molecule has 1 aliphatic rings. The summed E-state index contributed by atoms with van der Waals surface area (Å²) in [6, 6.07) is -0.779. The molecule has 0 aromatic carbocycles. The number of methoxy groups -OCH3 is 1. The molecule has 1 rings (SSSR count). The van der Waals surface area contributed by atoms with Crippen molar-refractivity contribution < 1.29 is 19.1 Å². The van der Waals surface area contributed by atoms with Gasteiger partial charge < -0.3 is 9.47 Å². The fraction of sp³-hybridized carbons (Fsp3) is 0.684. The average molecular weight is 337 g/mol. The molecule has 0 radical (unpaired) electrons. The maximum atomic E-state index is 12.8. The van der Waals surface area contributed by atoms with Crippen LogP contribution in [0.4, 0.5) is 4.79 Å². The Morgan fingerprint density at radius 3 is 2.00 bits per heavy atom. The van der Waals surface area contributed by atoms with Crippen LogP contribution in [0.2, 0.25) is 0 Å². The van der Waals surface area contributed by atoms with Gasteiger partial charge in [0.05, 0.1) is 13.2 Å². The van der Waals surface area contributed by atoms with Crippen LogP contribution >= 0.6 is 0 Å². The molecule has 0 spiro atoms. The van der Waals surface area contributed by atoms with E-state index in [-0.39, 0.29) is 6.04 Å². The van der Waals surface area contributed by atoms with E-state index in [0.717, 1.165) is 16.7 Å². The Labute approximate surface area is 145 Å². The van der Waals surface area contributed by atoms with Crippen molar-refractivity contribution in [3.05, 3.63) is 22.8 Å². The number of esters is 1. The normalized spacial score (nSPS) is 20.4. The Kier molecular flexibility index (Phi) is 6.64. The molecule has 1 heterocycles. The molecular formula is C19H31NO4. The number of carbonyl (C=O) groups is 2. The van der Waals surface area contributed by atoms with Crippen molar-refractivity contribution >= 4 is 12.1 Å². The smallest absolute Gasteiger partial charge is 0.411 e. The molecule has 0 N–H and O–H groups in total. The van der Waals surface area contributed by atoms with Crippen molar-refractivity contribution in [2.45, 2.75) is 79.0 Å². The Hall–Kier alpha value is -1.78. The molecule has 1 fully saturated rings.